The van der Waals surface area contributed by atoms with E-state index in [4.69, 9.17) is 11.6 Å². The fourth-order valence-electron chi connectivity index (χ4n) is 3.41. The van der Waals surface area contributed by atoms with E-state index >= 15 is 0 Å². The summed E-state index contributed by atoms with van der Waals surface area (Å²) in [4.78, 5) is 26.6. The lowest BCUT2D eigenvalue weighted by Gasteiger charge is -2.32. The van der Waals surface area contributed by atoms with Crippen LogP contribution in [0.1, 0.15) is 41.6 Å². The number of piperidine rings is 1. The number of sulfonamides is 1. The maximum atomic E-state index is 12.5. The van der Waals surface area contributed by atoms with Gasteiger partial charge in [-0.05, 0) is 44.0 Å². The van der Waals surface area contributed by atoms with Gasteiger partial charge in [0.15, 0.2) is 5.78 Å². The van der Waals surface area contributed by atoms with Gasteiger partial charge in [0.25, 0.3) is 0 Å². The Morgan fingerprint density at radius 2 is 1.60 bits per heavy atom. The molecule has 2 aromatic rings. The summed E-state index contributed by atoms with van der Waals surface area (Å²) < 4.78 is 27.7. The molecule has 3 rings (SSSR count). The Balaban J connectivity index is 1.46. The van der Waals surface area contributed by atoms with Crippen LogP contribution in [0.4, 0.5) is 0 Å². The van der Waals surface area contributed by atoms with Gasteiger partial charge < -0.3 is 4.90 Å². The van der Waals surface area contributed by atoms with E-state index < -0.39 is 10.0 Å². The molecule has 1 heterocycles. The lowest BCUT2D eigenvalue weighted by atomic mass is 10.0. The van der Waals surface area contributed by atoms with Gasteiger partial charge in [-0.2, -0.15) is 0 Å². The second-order valence-corrected chi connectivity index (χ2v) is 9.67. The van der Waals surface area contributed by atoms with Gasteiger partial charge in [0.2, 0.25) is 15.9 Å². The minimum Gasteiger partial charge on any atom is -0.343 e. The first kappa shape index (κ1) is 22.5. The van der Waals surface area contributed by atoms with Crippen LogP contribution in [0.2, 0.25) is 5.02 Å². The van der Waals surface area contributed by atoms with Gasteiger partial charge in [0, 0.05) is 42.6 Å². The quantitative estimate of drug-likeness (QED) is 0.656. The first-order chi connectivity index (χ1) is 14.2. The van der Waals surface area contributed by atoms with E-state index in [9.17, 15) is 18.0 Å². The predicted octanol–water partition coefficient (Wildman–Crippen LogP) is 3.58. The molecule has 1 aliphatic heterocycles. The third-order valence-corrected chi connectivity index (χ3v) is 7.02. The number of nitrogens with one attached hydrogen (secondary N) is 1. The normalized spacial score (nSPS) is 15.2. The van der Waals surface area contributed by atoms with E-state index in [0.29, 0.717) is 36.5 Å². The average molecular weight is 449 g/mol. The maximum Gasteiger partial charge on any atom is 0.240 e. The summed E-state index contributed by atoms with van der Waals surface area (Å²) in [5, 5.41) is 0.474. The summed E-state index contributed by atoms with van der Waals surface area (Å²) >= 11 is 5.81. The fourth-order valence-corrected chi connectivity index (χ4v) is 4.84. The number of amides is 1. The largest absolute Gasteiger partial charge is 0.343 e. The minimum absolute atomic E-state index is 0.0473. The van der Waals surface area contributed by atoms with E-state index in [1.807, 2.05) is 19.1 Å². The monoisotopic (exact) mass is 448 g/mol. The summed E-state index contributed by atoms with van der Waals surface area (Å²) in [5.41, 5.74) is 1.70. The molecule has 1 fully saturated rings. The molecule has 1 amide bonds. The zero-order chi connectivity index (χ0) is 21.7. The molecule has 0 atom stereocenters. The summed E-state index contributed by atoms with van der Waals surface area (Å²) in [6.07, 6.45) is 1.40. The molecule has 1 saturated heterocycles. The van der Waals surface area contributed by atoms with Crippen LogP contribution < -0.4 is 4.72 Å². The molecule has 0 aliphatic carbocycles. The lowest BCUT2D eigenvalue weighted by molar-refractivity contribution is -0.132. The van der Waals surface area contributed by atoms with Gasteiger partial charge in [-0.3, -0.25) is 9.59 Å². The molecular formula is C22H25ClN2O4S. The number of aryl methyl sites for hydroxylation is 1. The number of Topliss-reactive ketones (excluding diaryl/α,β-unsaturated/α-hetero) is 1. The van der Waals surface area contributed by atoms with Crippen LogP contribution >= 0.6 is 11.6 Å². The Morgan fingerprint density at radius 3 is 2.20 bits per heavy atom. The standard InChI is InChI=1S/C22H25ClN2O4S/c1-16-2-4-17(5-3-16)21(26)10-11-22(27)25-14-12-19(13-15-25)24-30(28,29)20-8-6-18(23)7-9-20/h2-9,19,24H,10-15H2,1H3. The van der Waals surface area contributed by atoms with Crippen LogP contribution in [0, 0.1) is 6.92 Å². The predicted molar refractivity (Wildman–Crippen MR) is 116 cm³/mol. The van der Waals surface area contributed by atoms with Gasteiger partial charge in [-0.15, -0.1) is 0 Å². The zero-order valence-electron chi connectivity index (χ0n) is 16.8. The van der Waals surface area contributed by atoms with Crippen LogP contribution in [0.25, 0.3) is 0 Å². The second kappa shape index (κ2) is 9.73. The minimum atomic E-state index is -3.63. The van der Waals surface area contributed by atoms with Crippen molar-refractivity contribution in [2.24, 2.45) is 0 Å². The smallest absolute Gasteiger partial charge is 0.240 e. The average Bonchev–Trinajstić information content (AvgIpc) is 2.73. The Hall–Kier alpha value is -2.22. The molecule has 0 bridgehead atoms. The molecule has 160 valence electrons. The summed E-state index contributed by atoms with van der Waals surface area (Å²) in [6.45, 7) is 2.88. The van der Waals surface area contributed by atoms with Crippen LogP contribution in [0.3, 0.4) is 0 Å². The molecule has 0 saturated carbocycles. The Bertz CT molecular complexity index is 996. The summed E-state index contributed by atoms with van der Waals surface area (Å²) in [6, 6.07) is 13.1. The Kier molecular flexibility index (Phi) is 7.28. The van der Waals surface area contributed by atoms with E-state index in [0.717, 1.165) is 5.56 Å². The Labute approximate surface area is 182 Å². The first-order valence-corrected chi connectivity index (χ1v) is 11.8. The highest BCUT2D eigenvalue weighted by Gasteiger charge is 2.26. The number of halogens is 1. The molecule has 0 radical (unpaired) electrons. The number of rotatable bonds is 7. The molecule has 1 aliphatic rings. The molecule has 8 heteroatoms. The second-order valence-electron chi connectivity index (χ2n) is 7.52. The third kappa shape index (κ3) is 5.90. The first-order valence-electron chi connectivity index (χ1n) is 9.90. The fraction of sp³-hybridized carbons (Fsp3) is 0.364. The number of hydrogen-bond acceptors (Lipinski definition) is 4. The molecule has 0 unspecified atom stereocenters. The highest BCUT2D eigenvalue weighted by molar-refractivity contribution is 7.89. The number of ketones is 1. The third-order valence-electron chi connectivity index (χ3n) is 5.23. The number of hydrogen-bond donors (Lipinski definition) is 1. The number of carbonyl (C=O) groups is 2. The van der Waals surface area contributed by atoms with Crippen molar-refractivity contribution in [2.45, 2.75) is 43.5 Å². The molecule has 2 aromatic carbocycles. The van der Waals surface area contributed by atoms with Gasteiger partial charge in [0.1, 0.15) is 0 Å². The van der Waals surface area contributed by atoms with E-state index in [-0.39, 0.29) is 35.5 Å². The zero-order valence-corrected chi connectivity index (χ0v) is 18.4. The van der Waals surface area contributed by atoms with Gasteiger partial charge >= 0.3 is 0 Å². The lowest BCUT2D eigenvalue weighted by Crippen LogP contribution is -2.46. The summed E-state index contributed by atoms with van der Waals surface area (Å²) in [5.74, 6) is -0.122. The molecule has 30 heavy (non-hydrogen) atoms. The van der Waals surface area contributed by atoms with Crippen molar-refractivity contribution in [1.82, 2.24) is 9.62 Å². The highest BCUT2D eigenvalue weighted by atomic mass is 35.5. The maximum absolute atomic E-state index is 12.5. The summed E-state index contributed by atoms with van der Waals surface area (Å²) in [7, 11) is -3.63. The van der Waals surface area contributed by atoms with Crippen LogP contribution in [0.5, 0.6) is 0 Å². The van der Waals surface area contributed by atoms with Crippen LogP contribution in [0.15, 0.2) is 53.4 Å². The van der Waals surface area contributed by atoms with Crippen LogP contribution in [-0.4, -0.2) is 44.1 Å². The van der Waals surface area contributed by atoms with E-state index in [2.05, 4.69) is 4.72 Å². The van der Waals surface area contributed by atoms with E-state index in [1.165, 1.54) is 24.3 Å². The topological polar surface area (TPSA) is 83.6 Å². The Morgan fingerprint density at radius 1 is 1.00 bits per heavy atom. The molecule has 0 spiro atoms. The van der Waals surface area contributed by atoms with Crippen molar-refractivity contribution < 1.29 is 18.0 Å². The van der Waals surface area contributed by atoms with Crippen molar-refractivity contribution in [3.8, 4) is 0 Å². The number of benzene rings is 2. The van der Waals surface area contributed by atoms with Crippen molar-refractivity contribution in [3.05, 3.63) is 64.7 Å². The van der Waals surface area contributed by atoms with Crippen molar-refractivity contribution in [1.29, 1.82) is 0 Å². The van der Waals surface area contributed by atoms with Crippen LogP contribution in [-0.2, 0) is 14.8 Å². The number of carbonyl (C=O) groups excluding carboxylic acids is 2. The SMILES string of the molecule is Cc1ccc(C(=O)CCC(=O)N2CCC(NS(=O)(=O)c3ccc(Cl)cc3)CC2)cc1. The van der Waals surface area contributed by atoms with E-state index in [1.54, 1.807) is 17.0 Å². The van der Waals surface area contributed by atoms with Gasteiger partial charge in [0.05, 0.1) is 4.90 Å². The van der Waals surface area contributed by atoms with Crippen molar-refractivity contribution >= 4 is 33.3 Å². The molecule has 6 nitrogen and oxygen atoms in total. The number of likely N-dealkylation sites (tertiary alicyclic amines) is 1. The molecule has 0 aromatic heterocycles. The van der Waals surface area contributed by atoms with Gasteiger partial charge in [-0.25, -0.2) is 13.1 Å². The molecular weight excluding hydrogens is 424 g/mol. The van der Waals surface area contributed by atoms with Gasteiger partial charge in [-0.1, -0.05) is 41.4 Å². The van der Waals surface area contributed by atoms with Crippen molar-refractivity contribution in [2.75, 3.05) is 13.1 Å². The molecule has 1 N–H and O–H groups in total. The highest BCUT2D eigenvalue weighted by Crippen LogP contribution is 2.18. The van der Waals surface area contributed by atoms with Crippen molar-refractivity contribution in [3.63, 3.8) is 0 Å². The number of nitrogens with zero attached hydrogens (tertiary/aromatic N) is 1.